The van der Waals surface area contributed by atoms with Crippen LogP contribution in [0.3, 0.4) is 0 Å². The number of aromatic nitrogens is 2. The molecule has 0 aromatic carbocycles. The highest BCUT2D eigenvalue weighted by Gasteiger charge is 2.28. The highest BCUT2D eigenvalue weighted by molar-refractivity contribution is 5.95. The summed E-state index contributed by atoms with van der Waals surface area (Å²) < 4.78 is 5.26. The van der Waals surface area contributed by atoms with Gasteiger partial charge in [0.25, 0.3) is 5.91 Å². The van der Waals surface area contributed by atoms with Gasteiger partial charge in [0.15, 0.2) is 0 Å². The normalized spacial score (nSPS) is 18.0. The van der Waals surface area contributed by atoms with Gasteiger partial charge in [-0.1, -0.05) is 0 Å². The lowest BCUT2D eigenvalue weighted by Crippen LogP contribution is -2.39. The van der Waals surface area contributed by atoms with Gasteiger partial charge in [-0.25, -0.2) is 9.97 Å². The van der Waals surface area contributed by atoms with Gasteiger partial charge in [0.2, 0.25) is 5.76 Å². The van der Waals surface area contributed by atoms with Crippen molar-refractivity contribution in [2.75, 3.05) is 13.1 Å². The average molecular weight is 296 g/mol. The van der Waals surface area contributed by atoms with E-state index in [1.165, 1.54) is 12.4 Å². The summed E-state index contributed by atoms with van der Waals surface area (Å²) in [6.45, 7) is 3.05. The number of likely N-dealkylation sites (tertiary alicyclic amines) is 1. The molecule has 3 rings (SSSR count). The van der Waals surface area contributed by atoms with E-state index in [4.69, 9.17) is 9.68 Å². The predicted molar refractivity (Wildman–Crippen MR) is 78.1 cm³/mol. The van der Waals surface area contributed by atoms with Gasteiger partial charge in [0, 0.05) is 37.0 Å². The van der Waals surface area contributed by atoms with E-state index in [1.807, 2.05) is 17.0 Å². The first-order valence-electron chi connectivity index (χ1n) is 7.24. The summed E-state index contributed by atoms with van der Waals surface area (Å²) in [6.07, 6.45) is 5.20. The summed E-state index contributed by atoms with van der Waals surface area (Å²) in [5.41, 5.74) is 1.44. The molecule has 0 radical (unpaired) electrons. The van der Waals surface area contributed by atoms with Crippen LogP contribution in [0.4, 0.5) is 0 Å². The smallest absolute Gasteiger partial charge is 0.257 e. The molecule has 1 saturated heterocycles. The fraction of sp³-hybridized carbons (Fsp3) is 0.375. The summed E-state index contributed by atoms with van der Waals surface area (Å²) in [6, 6.07) is 5.34. The van der Waals surface area contributed by atoms with Crippen LogP contribution < -0.4 is 0 Å². The summed E-state index contributed by atoms with van der Waals surface area (Å²) in [7, 11) is 0. The molecule has 0 bridgehead atoms. The molecule has 0 spiro atoms. The first kappa shape index (κ1) is 14.3. The third-order valence-corrected chi connectivity index (χ3v) is 3.99. The summed E-state index contributed by atoms with van der Waals surface area (Å²) in [5, 5.41) is 8.88. The highest BCUT2D eigenvalue weighted by atomic mass is 16.3. The SMILES string of the molecule is Cc1oc(C#N)cc1C(=O)N1CCCC(c2ccncn2)C1. The van der Waals surface area contributed by atoms with Crippen LogP contribution in [0.2, 0.25) is 0 Å². The van der Waals surface area contributed by atoms with Crippen molar-refractivity contribution in [1.82, 2.24) is 14.9 Å². The van der Waals surface area contributed by atoms with Crippen molar-refractivity contribution in [2.24, 2.45) is 0 Å². The molecule has 1 amide bonds. The number of rotatable bonds is 2. The second-order valence-electron chi connectivity index (χ2n) is 5.42. The zero-order chi connectivity index (χ0) is 15.5. The molecule has 1 atom stereocenters. The number of carbonyl (C=O) groups excluding carboxylic acids is 1. The minimum atomic E-state index is -0.0819. The van der Waals surface area contributed by atoms with E-state index in [0.717, 1.165) is 18.5 Å². The van der Waals surface area contributed by atoms with Crippen LogP contribution in [-0.2, 0) is 0 Å². The van der Waals surface area contributed by atoms with Gasteiger partial charge in [-0.3, -0.25) is 4.79 Å². The van der Waals surface area contributed by atoms with Gasteiger partial charge in [0.1, 0.15) is 18.2 Å². The molecule has 0 N–H and O–H groups in total. The molecule has 0 aliphatic carbocycles. The molecule has 2 aromatic heterocycles. The zero-order valence-corrected chi connectivity index (χ0v) is 12.3. The Labute approximate surface area is 128 Å². The molecular formula is C16H16N4O2. The van der Waals surface area contributed by atoms with Crippen LogP contribution in [0.5, 0.6) is 0 Å². The maximum atomic E-state index is 12.7. The Kier molecular flexibility index (Phi) is 3.88. The number of amides is 1. The molecule has 1 aliphatic rings. The van der Waals surface area contributed by atoms with E-state index >= 15 is 0 Å². The first-order chi connectivity index (χ1) is 10.7. The Bertz CT molecular complexity index is 717. The van der Waals surface area contributed by atoms with Crippen molar-refractivity contribution in [2.45, 2.75) is 25.7 Å². The fourth-order valence-electron chi connectivity index (χ4n) is 2.87. The number of furan rings is 1. The molecule has 3 heterocycles. The van der Waals surface area contributed by atoms with E-state index in [-0.39, 0.29) is 17.6 Å². The maximum Gasteiger partial charge on any atom is 0.257 e. The van der Waals surface area contributed by atoms with Gasteiger partial charge in [-0.05, 0) is 25.8 Å². The van der Waals surface area contributed by atoms with Crippen LogP contribution in [0, 0.1) is 18.3 Å². The van der Waals surface area contributed by atoms with Crippen LogP contribution in [0.15, 0.2) is 29.1 Å². The van der Waals surface area contributed by atoms with Crippen molar-refractivity contribution in [3.8, 4) is 6.07 Å². The third-order valence-electron chi connectivity index (χ3n) is 3.99. The van der Waals surface area contributed by atoms with Crippen molar-refractivity contribution in [3.63, 3.8) is 0 Å². The monoisotopic (exact) mass is 296 g/mol. The Morgan fingerprint density at radius 2 is 2.41 bits per heavy atom. The lowest BCUT2D eigenvalue weighted by Gasteiger charge is -2.32. The van der Waals surface area contributed by atoms with Gasteiger partial charge >= 0.3 is 0 Å². The molecule has 1 aliphatic heterocycles. The number of carbonyl (C=O) groups is 1. The second kappa shape index (κ2) is 5.98. The molecular weight excluding hydrogens is 280 g/mol. The molecule has 6 nitrogen and oxygen atoms in total. The lowest BCUT2D eigenvalue weighted by atomic mass is 9.94. The summed E-state index contributed by atoms with van der Waals surface area (Å²) in [4.78, 5) is 22.7. The molecule has 2 aromatic rings. The van der Waals surface area contributed by atoms with Crippen LogP contribution in [0.25, 0.3) is 0 Å². The number of nitrogens with zero attached hydrogens (tertiary/aromatic N) is 4. The number of piperidine rings is 1. The summed E-state index contributed by atoms with van der Waals surface area (Å²) >= 11 is 0. The standard InChI is InChI=1S/C16H16N4O2/c1-11-14(7-13(8-17)22-11)16(21)20-6-2-3-12(9-20)15-4-5-18-10-19-15/h4-5,7,10,12H,2-3,6,9H2,1H3. The van der Waals surface area contributed by atoms with Crippen LogP contribution in [0.1, 0.15) is 46.3 Å². The summed E-state index contributed by atoms with van der Waals surface area (Å²) in [5.74, 6) is 0.806. The minimum absolute atomic E-state index is 0.0819. The molecule has 1 unspecified atom stereocenters. The van der Waals surface area contributed by atoms with E-state index in [9.17, 15) is 4.79 Å². The first-order valence-corrected chi connectivity index (χ1v) is 7.24. The molecule has 112 valence electrons. The zero-order valence-electron chi connectivity index (χ0n) is 12.3. The van der Waals surface area contributed by atoms with Gasteiger partial charge < -0.3 is 9.32 Å². The Morgan fingerprint density at radius 1 is 1.55 bits per heavy atom. The predicted octanol–water partition coefficient (Wildman–Crippen LogP) is 2.27. The Balaban J connectivity index is 1.78. The van der Waals surface area contributed by atoms with E-state index in [2.05, 4.69) is 9.97 Å². The molecule has 0 saturated carbocycles. The second-order valence-corrected chi connectivity index (χ2v) is 5.42. The Hall–Kier alpha value is -2.68. The quantitative estimate of drug-likeness (QED) is 0.849. The minimum Gasteiger partial charge on any atom is -0.450 e. The van der Waals surface area contributed by atoms with Crippen molar-refractivity contribution >= 4 is 5.91 Å². The number of nitriles is 1. The van der Waals surface area contributed by atoms with Gasteiger partial charge in [0.05, 0.1) is 5.56 Å². The van der Waals surface area contributed by atoms with Gasteiger partial charge in [-0.15, -0.1) is 0 Å². The molecule has 1 fully saturated rings. The molecule has 22 heavy (non-hydrogen) atoms. The van der Waals surface area contributed by atoms with Crippen molar-refractivity contribution < 1.29 is 9.21 Å². The third kappa shape index (κ3) is 2.70. The average Bonchev–Trinajstić information content (AvgIpc) is 2.96. The lowest BCUT2D eigenvalue weighted by molar-refractivity contribution is 0.0704. The van der Waals surface area contributed by atoms with Crippen molar-refractivity contribution in [3.05, 3.63) is 47.4 Å². The van der Waals surface area contributed by atoms with Gasteiger partial charge in [-0.2, -0.15) is 5.26 Å². The number of hydrogen-bond acceptors (Lipinski definition) is 5. The largest absolute Gasteiger partial charge is 0.450 e. The van der Waals surface area contributed by atoms with E-state index < -0.39 is 0 Å². The Morgan fingerprint density at radius 3 is 3.09 bits per heavy atom. The van der Waals surface area contributed by atoms with Crippen LogP contribution >= 0.6 is 0 Å². The topological polar surface area (TPSA) is 83.0 Å². The fourth-order valence-corrected chi connectivity index (χ4v) is 2.87. The highest BCUT2D eigenvalue weighted by Crippen LogP contribution is 2.27. The number of aryl methyl sites for hydroxylation is 1. The maximum absolute atomic E-state index is 12.7. The molecule has 6 heteroatoms. The van der Waals surface area contributed by atoms with Crippen molar-refractivity contribution in [1.29, 1.82) is 5.26 Å². The van der Waals surface area contributed by atoms with Crippen LogP contribution in [-0.4, -0.2) is 33.9 Å². The number of hydrogen-bond donors (Lipinski definition) is 0. The van der Waals surface area contributed by atoms with E-state index in [0.29, 0.717) is 24.4 Å². The van der Waals surface area contributed by atoms with E-state index in [1.54, 1.807) is 13.1 Å².